The lowest BCUT2D eigenvalue weighted by molar-refractivity contribution is -0.144. The van der Waals surface area contributed by atoms with Crippen LogP contribution in [0.15, 0.2) is 24.3 Å². The quantitative estimate of drug-likeness (QED) is 0.834. The van der Waals surface area contributed by atoms with Gasteiger partial charge >= 0.3 is 5.97 Å². The van der Waals surface area contributed by atoms with Crippen LogP contribution in [0.1, 0.15) is 41.6 Å². The first-order valence-electron chi connectivity index (χ1n) is 6.43. The van der Waals surface area contributed by atoms with Crippen molar-refractivity contribution in [3.05, 3.63) is 35.4 Å². The molecular formula is C15H18O3. The molecule has 1 aromatic rings. The van der Waals surface area contributed by atoms with Crippen molar-refractivity contribution in [1.29, 1.82) is 0 Å². The van der Waals surface area contributed by atoms with Gasteiger partial charge in [0.05, 0.1) is 5.92 Å². The number of carbonyl (C=O) groups excluding carboxylic acids is 1. The van der Waals surface area contributed by atoms with Gasteiger partial charge in [-0.05, 0) is 25.8 Å². The molecule has 1 N–H and O–H groups in total. The van der Waals surface area contributed by atoms with Gasteiger partial charge in [-0.15, -0.1) is 0 Å². The monoisotopic (exact) mass is 246 g/mol. The van der Waals surface area contributed by atoms with E-state index in [0.717, 1.165) is 18.4 Å². The molecule has 1 aliphatic rings. The van der Waals surface area contributed by atoms with E-state index in [1.54, 1.807) is 6.07 Å². The number of aryl methyl sites for hydroxylation is 1. The van der Waals surface area contributed by atoms with Crippen LogP contribution in [-0.2, 0) is 4.79 Å². The molecule has 0 unspecified atom stereocenters. The van der Waals surface area contributed by atoms with E-state index in [0.29, 0.717) is 18.4 Å². The Morgan fingerprint density at radius 3 is 2.44 bits per heavy atom. The third-order valence-electron chi connectivity index (χ3n) is 3.72. The molecule has 1 aromatic carbocycles. The van der Waals surface area contributed by atoms with Crippen LogP contribution in [0.5, 0.6) is 0 Å². The van der Waals surface area contributed by atoms with Gasteiger partial charge in [-0.3, -0.25) is 9.59 Å². The molecule has 0 aromatic heterocycles. The van der Waals surface area contributed by atoms with Crippen molar-refractivity contribution in [3.63, 3.8) is 0 Å². The van der Waals surface area contributed by atoms with E-state index in [1.807, 2.05) is 25.1 Å². The van der Waals surface area contributed by atoms with Crippen molar-refractivity contribution in [2.75, 3.05) is 0 Å². The topological polar surface area (TPSA) is 54.4 Å². The highest BCUT2D eigenvalue weighted by Crippen LogP contribution is 2.32. The zero-order valence-electron chi connectivity index (χ0n) is 10.6. The number of ketones is 1. The number of Topliss-reactive ketones (excluding diaryl/α,β-unsaturated/α-hetero) is 1. The van der Waals surface area contributed by atoms with Crippen molar-refractivity contribution in [2.24, 2.45) is 11.8 Å². The fourth-order valence-electron chi connectivity index (χ4n) is 2.75. The smallest absolute Gasteiger partial charge is 0.307 e. The molecule has 3 nitrogen and oxygen atoms in total. The van der Waals surface area contributed by atoms with Crippen LogP contribution in [0.25, 0.3) is 0 Å². The first kappa shape index (κ1) is 12.8. The number of rotatable bonds is 3. The minimum absolute atomic E-state index is 0.00852. The van der Waals surface area contributed by atoms with Crippen molar-refractivity contribution in [3.8, 4) is 0 Å². The maximum Gasteiger partial charge on any atom is 0.307 e. The number of hydrogen-bond acceptors (Lipinski definition) is 2. The molecule has 3 heteroatoms. The molecule has 1 fully saturated rings. The number of benzene rings is 1. The lowest BCUT2D eigenvalue weighted by atomic mass is 9.75. The Balaban J connectivity index is 2.23. The number of hydrogen-bond donors (Lipinski definition) is 1. The fourth-order valence-corrected chi connectivity index (χ4v) is 2.75. The summed E-state index contributed by atoms with van der Waals surface area (Å²) in [5, 5.41) is 9.21. The third-order valence-corrected chi connectivity index (χ3v) is 3.72. The van der Waals surface area contributed by atoms with Gasteiger partial charge in [-0.1, -0.05) is 36.6 Å². The Kier molecular flexibility index (Phi) is 3.80. The molecule has 0 radical (unpaired) electrons. The van der Waals surface area contributed by atoms with E-state index >= 15 is 0 Å². The van der Waals surface area contributed by atoms with Gasteiger partial charge in [0, 0.05) is 11.5 Å². The molecule has 1 aliphatic carbocycles. The average molecular weight is 246 g/mol. The minimum Gasteiger partial charge on any atom is -0.481 e. The highest BCUT2D eigenvalue weighted by molar-refractivity contribution is 6.00. The van der Waals surface area contributed by atoms with Gasteiger partial charge in [0.2, 0.25) is 0 Å². The molecule has 18 heavy (non-hydrogen) atoms. The second kappa shape index (κ2) is 5.34. The summed E-state index contributed by atoms with van der Waals surface area (Å²) >= 11 is 0. The highest BCUT2D eigenvalue weighted by atomic mass is 16.4. The third kappa shape index (κ3) is 2.61. The molecule has 0 spiro atoms. The van der Waals surface area contributed by atoms with Crippen molar-refractivity contribution in [2.45, 2.75) is 32.6 Å². The van der Waals surface area contributed by atoms with Gasteiger partial charge in [-0.25, -0.2) is 0 Å². The molecule has 2 rings (SSSR count). The predicted octanol–water partition coefficient (Wildman–Crippen LogP) is 3.07. The van der Waals surface area contributed by atoms with Gasteiger partial charge in [-0.2, -0.15) is 0 Å². The molecule has 0 bridgehead atoms. The summed E-state index contributed by atoms with van der Waals surface area (Å²) in [6.45, 7) is 1.94. The summed E-state index contributed by atoms with van der Waals surface area (Å²) < 4.78 is 0. The fraction of sp³-hybridized carbons (Fsp3) is 0.467. The van der Waals surface area contributed by atoms with Crippen molar-refractivity contribution in [1.82, 2.24) is 0 Å². The Labute approximate surface area is 107 Å². The van der Waals surface area contributed by atoms with E-state index < -0.39 is 11.9 Å². The van der Waals surface area contributed by atoms with E-state index in [4.69, 9.17) is 0 Å². The van der Waals surface area contributed by atoms with Gasteiger partial charge in [0.25, 0.3) is 0 Å². The summed E-state index contributed by atoms with van der Waals surface area (Å²) in [4.78, 5) is 23.6. The zero-order valence-corrected chi connectivity index (χ0v) is 10.6. The maximum absolute atomic E-state index is 12.4. The van der Waals surface area contributed by atoms with Crippen LogP contribution in [0.2, 0.25) is 0 Å². The summed E-state index contributed by atoms with van der Waals surface area (Å²) in [5.74, 6) is -1.70. The van der Waals surface area contributed by atoms with Gasteiger partial charge in [0.1, 0.15) is 0 Å². The summed E-state index contributed by atoms with van der Waals surface area (Å²) in [6, 6.07) is 7.41. The van der Waals surface area contributed by atoms with Crippen LogP contribution >= 0.6 is 0 Å². The van der Waals surface area contributed by atoms with E-state index in [9.17, 15) is 14.7 Å². The Hall–Kier alpha value is -1.64. The van der Waals surface area contributed by atoms with Gasteiger partial charge < -0.3 is 5.11 Å². The van der Waals surface area contributed by atoms with E-state index in [2.05, 4.69) is 0 Å². The normalized spacial score (nSPS) is 23.6. The van der Waals surface area contributed by atoms with Crippen LogP contribution in [0.4, 0.5) is 0 Å². The van der Waals surface area contributed by atoms with E-state index in [-0.39, 0.29) is 11.7 Å². The summed E-state index contributed by atoms with van der Waals surface area (Å²) in [5.41, 5.74) is 1.68. The van der Waals surface area contributed by atoms with Crippen LogP contribution in [0.3, 0.4) is 0 Å². The van der Waals surface area contributed by atoms with Crippen LogP contribution < -0.4 is 0 Å². The highest BCUT2D eigenvalue weighted by Gasteiger charge is 2.35. The first-order valence-corrected chi connectivity index (χ1v) is 6.43. The Morgan fingerprint density at radius 1 is 1.17 bits per heavy atom. The van der Waals surface area contributed by atoms with Crippen LogP contribution in [-0.4, -0.2) is 16.9 Å². The Bertz CT molecular complexity index is 465. The molecule has 96 valence electrons. The molecule has 0 saturated heterocycles. The number of carboxylic acid groups (broad SMARTS) is 1. The standard InChI is InChI=1S/C15H18O3/c1-10-5-4-6-11(9-10)14(16)12-7-2-3-8-13(12)15(17)18/h4-6,9,12-13H,2-3,7-8H2,1H3,(H,17,18)/t12-,13+/m0/s1. The lowest BCUT2D eigenvalue weighted by Gasteiger charge is -2.27. The van der Waals surface area contributed by atoms with E-state index in [1.165, 1.54) is 0 Å². The van der Waals surface area contributed by atoms with Crippen molar-refractivity contribution >= 4 is 11.8 Å². The van der Waals surface area contributed by atoms with Gasteiger partial charge in [0.15, 0.2) is 5.78 Å². The maximum atomic E-state index is 12.4. The predicted molar refractivity (Wildman–Crippen MR) is 68.6 cm³/mol. The number of carbonyl (C=O) groups is 2. The lowest BCUT2D eigenvalue weighted by Crippen LogP contribution is -2.32. The summed E-state index contributed by atoms with van der Waals surface area (Å²) in [6.07, 6.45) is 3.18. The number of aliphatic carboxylic acids is 1. The minimum atomic E-state index is -0.833. The second-order valence-corrected chi connectivity index (χ2v) is 5.07. The molecule has 0 amide bonds. The molecule has 0 aliphatic heterocycles. The molecule has 1 saturated carbocycles. The molecule has 2 atom stereocenters. The molecular weight excluding hydrogens is 228 g/mol. The number of carboxylic acids is 1. The van der Waals surface area contributed by atoms with Crippen LogP contribution in [0, 0.1) is 18.8 Å². The summed E-state index contributed by atoms with van der Waals surface area (Å²) in [7, 11) is 0. The average Bonchev–Trinajstić information content (AvgIpc) is 2.38. The second-order valence-electron chi connectivity index (χ2n) is 5.07. The van der Waals surface area contributed by atoms with Crippen molar-refractivity contribution < 1.29 is 14.7 Å². The SMILES string of the molecule is Cc1cccc(C(=O)[C@H]2CCCC[C@H]2C(=O)O)c1. The Morgan fingerprint density at radius 2 is 1.83 bits per heavy atom. The first-order chi connectivity index (χ1) is 8.59. The largest absolute Gasteiger partial charge is 0.481 e. The zero-order chi connectivity index (χ0) is 13.1. The molecule has 0 heterocycles.